The third-order valence-electron chi connectivity index (χ3n) is 2.53. The zero-order chi connectivity index (χ0) is 15.1. The minimum atomic E-state index is -1.12. The molecule has 0 aliphatic heterocycles. The van der Waals surface area contributed by atoms with Gasteiger partial charge in [-0.25, -0.2) is 9.59 Å². The van der Waals surface area contributed by atoms with Gasteiger partial charge in [-0.3, -0.25) is 0 Å². The van der Waals surface area contributed by atoms with E-state index in [0.29, 0.717) is 5.69 Å². The number of anilines is 1. The quantitative estimate of drug-likeness (QED) is 0.763. The van der Waals surface area contributed by atoms with Gasteiger partial charge in [0.15, 0.2) is 0 Å². The summed E-state index contributed by atoms with van der Waals surface area (Å²) < 4.78 is 0. The molecule has 0 aliphatic carbocycles. The number of amides is 2. The Labute approximate surface area is 115 Å². The van der Waals surface area contributed by atoms with Gasteiger partial charge in [0.2, 0.25) is 0 Å². The van der Waals surface area contributed by atoms with Gasteiger partial charge in [-0.2, -0.15) is 10.5 Å². The first-order valence-corrected chi connectivity index (χ1v) is 5.76. The molecule has 0 radical (unpaired) electrons. The normalized spacial score (nSPS) is 10.8. The number of carbonyl (C=O) groups is 2. The van der Waals surface area contributed by atoms with Gasteiger partial charge in [-0.15, -0.1) is 0 Å². The van der Waals surface area contributed by atoms with E-state index in [0.717, 1.165) is 0 Å². The van der Waals surface area contributed by atoms with Crippen molar-refractivity contribution in [1.29, 1.82) is 10.5 Å². The Morgan fingerprint density at radius 3 is 2.45 bits per heavy atom. The lowest BCUT2D eigenvalue weighted by Gasteiger charge is -2.13. The molecule has 7 nitrogen and oxygen atoms in total. The number of hydrogen-bond donors (Lipinski definition) is 3. The van der Waals surface area contributed by atoms with Gasteiger partial charge >= 0.3 is 12.0 Å². The number of nitrogens with one attached hydrogen (secondary N) is 2. The van der Waals surface area contributed by atoms with Gasteiger partial charge in [0.05, 0.1) is 11.1 Å². The summed E-state index contributed by atoms with van der Waals surface area (Å²) in [6, 6.07) is 6.24. The Morgan fingerprint density at radius 1 is 1.30 bits per heavy atom. The van der Waals surface area contributed by atoms with Crippen LogP contribution in [-0.4, -0.2) is 23.1 Å². The van der Waals surface area contributed by atoms with Crippen molar-refractivity contribution in [2.75, 3.05) is 5.32 Å². The number of nitrogens with zero attached hydrogens (tertiary/aromatic N) is 2. The van der Waals surface area contributed by atoms with Crippen LogP contribution in [0, 0.1) is 22.7 Å². The molecule has 0 fully saturated rings. The Morgan fingerprint density at radius 2 is 1.95 bits per heavy atom. The summed E-state index contributed by atoms with van der Waals surface area (Å²) >= 11 is 0. The molecule has 2 amide bonds. The molecule has 1 unspecified atom stereocenters. The van der Waals surface area contributed by atoms with Crippen molar-refractivity contribution in [3.63, 3.8) is 0 Å². The molecule has 1 atom stereocenters. The molecule has 0 aliphatic rings. The minimum Gasteiger partial charge on any atom is -0.480 e. The van der Waals surface area contributed by atoms with Crippen molar-refractivity contribution in [1.82, 2.24) is 5.32 Å². The van der Waals surface area contributed by atoms with Gasteiger partial charge in [0, 0.05) is 5.69 Å². The monoisotopic (exact) mass is 272 g/mol. The summed E-state index contributed by atoms with van der Waals surface area (Å²) in [6.45, 7) is 1.63. The summed E-state index contributed by atoms with van der Waals surface area (Å²) in [5.74, 6) is -1.12. The molecule has 102 valence electrons. The van der Waals surface area contributed by atoms with E-state index in [9.17, 15) is 9.59 Å². The van der Waals surface area contributed by atoms with E-state index in [2.05, 4.69) is 10.6 Å². The fraction of sp³-hybridized carbons (Fsp3) is 0.231. The molecule has 0 heterocycles. The molecule has 20 heavy (non-hydrogen) atoms. The summed E-state index contributed by atoms with van der Waals surface area (Å²) in [5.41, 5.74) is 0.643. The first kappa shape index (κ1) is 15.0. The van der Waals surface area contributed by atoms with Gasteiger partial charge in [-0.1, -0.05) is 6.92 Å². The van der Waals surface area contributed by atoms with Crippen LogP contribution in [0.1, 0.15) is 24.5 Å². The molecule has 0 saturated heterocycles. The fourth-order valence-electron chi connectivity index (χ4n) is 1.48. The summed E-state index contributed by atoms with van der Waals surface area (Å²) in [7, 11) is 0. The predicted octanol–water partition coefficient (Wildman–Crippen LogP) is 1.41. The second-order valence-electron chi connectivity index (χ2n) is 3.88. The highest BCUT2D eigenvalue weighted by Crippen LogP contribution is 2.14. The van der Waals surface area contributed by atoms with Crippen LogP contribution in [0.15, 0.2) is 18.2 Å². The first-order valence-electron chi connectivity index (χ1n) is 5.76. The maximum Gasteiger partial charge on any atom is 0.326 e. The van der Waals surface area contributed by atoms with Crippen LogP contribution in [0.4, 0.5) is 10.5 Å². The van der Waals surface area contributed by atoms with E-state index in [1.807, 2.05) is 12.1 Å². The molecule has 0 saturated carbocycles. The third-order valence-corrected chi connectivity index (χ3v) is 2.53. The molecule has 0 bridgehead atoms. The maximum absolute atomic E-state index is 11.6. The van der Waals surface area contributed by atoms with Crippen LogP contribution in [0.25, 0.3) is 0 Å². The fourth-order valence-corrected chi connectivity index (χ4v) is 1.48. The van der Waals surface area contributed by atoms with E-state index < -0.39 is 18.0 Å². The van der Waals surface area contributed by atoms with Crippen molar-refractivity contribution in [2.45, 2.75) is 19.4 Å². The van der Waals surface area contributed by atoms with Crippen LogP contribution < -0.4 is 10.6 Å². The molecule has 3 N–H and O–H groups in total. The Balaban J connectivity index is 2.80. The average molecular weight is 272 g/mol. The van der Waals surface area contributed by atoms with Crippen LogP contribution in [0.5, 0.6) is 0 Å². The number of carboxylic acid groups (broad SMARTS) is 1. The zero-order valence-corrected chi connectivity index (χ0v) is 10.7. The molecule has 1 aromatic rings. The number of rotatable bonds is 4. The second kappa shape index (κ2) is 6.76. The first-order chi connectivity index (χ1) is 9.51. The third kappa shape index (κ3) is 3.72. The van der Waals surface area contributed by atoms with Crippen LogP contribution in [0.3, 0.4) is 0 Å². The lowest BCUT2D eigenvalue weighted by atomic mass is 10.1. The van der Waals surface area contributed by atoms with Gasteiger partial charge in [0.25, 0.3) is 0 Å². The number of carboxylic acids is 1. The molecular weight excluding hydrogens is 260 g/mol. The molecule has 0 spiro atoms. The van der Waals surface area contributed by atoms with Gasteiger partial charge < -0.3 is 15.7 Å². The molecule has 7 heteroatoms. The van der Waals surface area contributed by atoms with Crippen LogP contribution in [-0.2, 0) is 4.79 Å². The SMILES string of the molecule is CCC(NC(=O)Nc1ccc(C#N)c(C#N)c1)C(=O)O. The predicted molar refractivity (Wildman–Crippen MR) is 69.7 cm³/mol. The summed E-state index contributed by atoms with van der Waals surface area (Å²) in [5, 5.41) is 31.1. The van der Waals surface area contributed by atoms with E-state index in [-0.39, 0.29) is 17.5 Å². The van der Waals surface area contributed by atoms with Crippen molar-refractivity contribution in [3.8, 4) is 12.1 Å². The topological polar surface area (TPSA) is 126 Å². The van der Waals surface area contributed by atoms with E-state index in [1.54, 1.807) is 6.92 Å². The highest BCUT2D eigenvalue weighted by atomic mass is 16.4. The standard InChI is InChI=1S/C13H12N4O3/c1-2-11(12(18)19)17-13(20)16-10-4-3-8(6-14)9(5-10)7-15/h3-5,11H,2H2,1H3,(H,18,19)(H2,16,17,20). The number of carbonyl (C=O) groups excluding carboxylic acids is 1. The minimum absolute atomic E-state index is 0.135. The highest BCUT2D eigenvalue weighted by molar-refractivity contribution is 5.92. The van der Waals surface area contributed by atoms with E-state index >= 15 is 0 Å². The number of nitriles is 2. The summed E-state index contributed by atoms with van der Waals surface area (Å²) in [6.07, 6.45) is 0.250. The van der Waals surface area contributed by atoms with Gasteiger partial charge in [-0.05, 0) is 24.6 Å². The van der Waals surface area contributed by atoms with Crippen molar-refractivity contribution in [2.24, 2.45) is 0 Å². The second-order valence-corrected chi connectivity index (χ2v) is 3.88. The zero-order valence-electron chi connectivity index (χ0n) is 10.7. The van der Waals surface area contributed by atoms with Crippen molar-refractivity contribution in [3.05, 3.63) is 29.3 Å². The Kier molecular flexibility index (Phi) is 5.07. The van der Waals surface area contributed by atoms with Gasteiger partial charge in [0.1, 0.15) is 18.2 Å². The summed E-state index contributed by atoms with van der Waals surface area (Å²) in [4.78, 5) is 22.4. The smallest absolute Gasteiger partial charge is 0.326 e. The lowest BCUT2D eigenvalue weighted by Crippen LogP contribution is -2.42. The molecular formula is C13H12N4O3. The van der Waals surface area contributed by atoms with E-state index in [1.165, 1.54) is 18.2 Å². The maximum atomic E-state index is 11.6. The number of benzene rings is 1. The number of hydrogen-bond acceptors (Lipinski definition) is 4. The van der Waals surface area contributed by atoms with Crippen LogP contribution >= 0.6 is 0 Å². The molecule has 1 rings (SSSR count). The average Bonchev–Trinajstić information content (AvgIpc) is 2.44. The largest absolute Gasteiger partial charge is 0.480 e. The van der Waals surface area contributed by atoms with E-state index in [4.69, 9.17) is 15.6 Å². The van der Waals surface area contributed by atoms with Crippen molar-refractivity contribution >= 4 is 17.7 Å². The number of aliphatic carboxylic acids is 1. The lowest BCUT2D eigenvalue weighted by molar-refractivity contribution is -0.139. The number of urea groups is 1. The highest BCUT2D eigenvalue weighted by Gasteiger charge is 2.17. The van der Waals surface area contributed by atoms with Crippen molar-refractivity contribution < 1.29 is 14.7 Å². The Bertz CT molecular complexity index is 613. The molecule has 1 aromatic carbocycles. The molecule has 0 aromatic heterocycles. The van der Waals surface area contributed by atoms with Crippen LogP contribution in [0.2, 0.25) is 0 Å². The Hall–Kier alpha value is -3.06.